The number of carbonyl (C=O) groups excluding carboxylic acids is 1. The third-order valence-corrected chi connectivity index (χ3v) is 5.98. The van der Waals surface area contributed by atoms with Crippen LogP contribution in [-0.2, 0) is 4.79 Å². The molecule has 1 N–H and O–H groups in total. The molecule has 2 heterocycles. The first kappa shape index (κ1) is 17.3. The first-order valence-corrected chi connectivity index (χ1v) is 10.3. The zero-order chi connectivity index (χ0) is 16.6. The summed E-state index contributed by atoms with van der Waals surface area (Å²) in [5.41, 5.74) is 0. The minimum absolute atomic E-state index is 0.157. The summed E-state index contributed by atoms with van der Waals surface area (Å²) in [6.07, 6.45) is 4.78. The van der Waals surface area contributed by atoms with Gasteiger partial charge < -0.3 is 10.2 Å². The molecule has 1 fully saturated rings. The molecule has 3 rings (SSSR count). The standard InChI is InChI=1S/C18H23N3OS2/c22-17(8-11-23-16-6-2-1-3-7-16)20-13-15-5-4-10-21(14-15)18-19-9-12-24-18/h1-3,6-7,9,12,15H,4-5,8,10-11,13-14H2,(H,20,22). The van der Waals surface area contributed by atoms with Crippen molar-refractivity contribution >= 4 is 34.1 Å². The second kappa shape index (κ2) is 9.08. The number of rotatable bonds is 7. The summed E-state index contributed by atoms with van der Waals surface area (Å²) in [7, 11) is 0. The van der Waals surface area contributed by atoms with Crippen molar-refractivity contribution in [3.05, 3.63) is 41.9 Å². The van der Waals surface area contributed by atoms with Crippen molar-refractivity contribution in [2.45, 2.75) is 24.2 Å². The third kappa shape index (κ3) is 5.24. The van der Waals surface area contributed by atoms with Crippen LogP contribution in [-0.4, -0.2) is 36.3 Å². The zero-order valence-electron chi connectivity index (χ0n) is 13.7. The number of nitrogens with one attached hydrogen (secondary N) is 1. The number of hydrogen-bond donors (Lipinski definition) is 1. The summed E-state index contributed by atoms with van der Waals surface area (Å²) < 4.78 is 0. The molecule has 128 valence electrons. The monoisotopic (exact) mass is 361 g/mol. The van der Waals surface area contributed by atoms with Crippen LogP contribution < -0.4 is 10.2 Å². The number of carbonyl (C=O) groups is 1. The van der Waals surface area contributed by atoms with Gasteiger partial charge in [0.2, 0.25) is 5.91 Å². The van der Waals surface area contributed by atoms with Crippen LogP contribution in [0.1, 0.15) is 19.3 Å². The van der Waals surface area contributed by atoms with Gasteiger partial charge in [0.25, 0.3) is 0 Å². The van der Waals surface area contributed by atoms with Crippen LogP contribution in [0.4, 0.5) is 5.13 Å². The van der Waals surface area contributed by atoms with Crippen molar-refractivity contribution in [1.82, 2.24) is 10.3 Å². The van der Waals surface area contributed by atoms with Crippen molar-refractivity contribution < 1.29 is 4.79 Å². The molecule has 24 heavy (non-hydrogen) atoms. The van der Waals surface area contributed by atoms with Crippen molar-refractivity contribution in [3.63, 3.8) is 0 Å². The molecule has 1 atom stereocenters. The van der Waals surface area contributed by atoms with Gasteiger partial charge in [-0.05, 0) is 30.9 Å². The van der Waals surface area contributed by atoms with E-state index in [4.69, 9.17) is 0 Å². The molecular formula is C18H23N3OS2. The third-order valence-electron chi connectivity index (χ3n) is 4.14. The molecule has 1 aromatic carbocycles. The quantitative estimate of drug-likeness (QED) is 0.765. The smallest absolute Gasteiger partial charge is 0.220 e. The molecule has 6 heteroatoms. The highest BCUT2D eigenvalue weighted by Gasteiger charge is 2.21. The van der Waals surface area contributed by atoms with Crippen molar-refractivity contribution in [1.29, 1.82) is 0 Å². The molecular weight excluding hydrogens is 338 g/mol. The number of benzene rings is 1. The molecule has 1 unspecified atom stereocenters. The van der Waals surface area contributed by atoms with Crippen LogP contribution in [0.5, 0.6) is 0 Å². The van der Waals surface area contributed by atoms with E-state index >= 15 is 0 Å². The predicted octanol–water partition coefficient (Wildman–Crippen LogP) is 3.66. The SMILES string of the molecule is O=C(CCSc1ccccc1)NCC1CCCN(c2nccs2)C1. The van der Waals surface area contributed by atoms with E-state index in [1.807, 2.05) is 29.8 Å². The Hall–Kier alpha value is -1.53. The number of hydrogen-bond acceptors (Lipinski definition) is 5. The van der Waals surface area contributed by atoms with Crippen LogP contribution >= 0.6 is 23.1 Å². The number of anilines is 1. The Bertz CT molecular complexity index is 618. The maximum Gasteiger partial charge on any atom is 0.220 e. The maximum atomic E-state index is 12.0. The molecule has 1 amide bonds. The van der Waals surface area contributed by atoms with Crippen LogP contribution in [0.3, 0.4) is 0 Å². The molecule has 1 aliphatic heterocycles. The minimum Gasteiger partial charge on any atom is -0.356 e. The fraction of sp³-hybridized carbons (Fsp3) is 0.444. The van der Waals surface area contributed by atoms with Crippen LogP contribution in [0.2, 0.25) is 0 Å². The van der Waals surface area contributed by atoms with Gasteiger partial charge in [-0.1, -0.05) is 18.2 Å². The molecule has 0 spiro atoms. The van der Waals surface area contributed by atoms with E-state index in [1.54, 1.807) is 23.1 Å². The minimum atomic E-state index is 0.157. The second-order valence-electron chi connectivity index (χ2n) is 5.98. The van der Waals surface area contributed by atoms with Crippen molar-refractivity contribution in [2.24, 2.45) is 5.92 Å². The molecule has 0 aliphatic carbocycles. The van der Waals surface area contributed by atoms with E-state index in [0.717, 1.165) is 30.5 Å². The van der Waals surface area contributed by atoms with E-state index in [9.17, 15) is 4.79 Å². The van der Waals surface area contributed by atoms with Gasteiger partial charge in [-0.15, -0.1) is 23.1 Å². The topological polar surface area (TPSA) is 45.2 Å². The summed E-state index contributed by atoms with van der Waals surface area (Å²) in [6.45, 7) is 2.84. The van der Waals surface area contributed by atoms with Crippen molar-refractivity contribution in [2.75, 3.05) is 30.3 Å². The van der Waals surface area contributed by atoms with E-state index in [2.05, 4.69) is 27.3 Å². The summed E-state index contributed by atoms with van der Waals surface area (Å²) in [5.74, 6) is 1.50. The molecule has 0 saturated carbocycles. The zero-order valence-corrected chi connectivity index (χ0v) is 15.3. The highest BCUT2D eigenvalue weighted by molar-refractivity contribution is 7.99. The van der Waals surface area contributed by atoms with Gasteiger partial charge in [0.05, 0.1) is 0 Å². The Morgan fingerprint density at radius 2 is 2.25 bits per heavy atom. The molecule has 4 nitrogen and oxygen atoms in total. The highest BCUT2D eigenvalue weighted by Crippen LogP contribution is 2.24. The number of aromatic nitrogens is 1. The van der Waals surface area contributed by atoms with E-state index in [-0.39, 0.29) is 5.91 Å². The van der Waals surface area contributed by atoms with Crippen LogP contribution in [0.15, 0.2) is 46.8 Å². The van der Waals surface area contributed by atoms with Gasteiger partial charge in [0.1, 0.15) is 0 Å². The number of thiazole rings is 1. The summed E-state index contributed by atoms with van der Waals surface area (Å²) >= 11 is 3.42. The lowest BCUT2D eigenvalue weighted by Gasteiger charge is -2.32. The van der Waals surface area contributed by atoms with Crippen LogP contribution in [0.25, 0.3) is 0 Å². The summed E-state index contributed by atoms with van der Waals surface area (Å²) in [5, 5.41) is 6.23. The first-order chi connectivity index (χ1) is 11.8. The molecule has 0 bridgehead atoms. The Labute approximate surface area is 151 Å². The Balaban J connectivity index is 1.35. The second-order valence-corrected chi connectivity index (χ2v) is 8.03. The molecule has 1 aliphatic rings. The average Bonchev–Trinajstić information content (AvgIpc) is 3.16. The lowest BCUT2D eigenvalue weighted by molar-refractivity contribution is -0.120. The molecule has 1 aromatic heterocycles. The highest BCUT2D eigenvalue weighted by atomic mass is 32.2. The number of thioether (sulfide) groups is 1. The molecule has 2 aromatic rings. The van der Waals surface area contributed by atoms with Gasteiger partial charge in [-0.2, -0.15) is 0 Å². The molecule has 1 saturated heterocycles. The van der Waals surface area contributed by atoms with E-state index < -0.39 is 0 Å². The Morgan fingerprint density at radius 1 is 1.38 bits per heavy atom. The number of piperidine rings is 1. The van der Waals surface area contributed by atoms with Gasteiger partial charge in [0.15, 0.2) is 5.13 Å². The summed E-state index contributed by atoms with van der Waals surface area (Å²) in [6, 6.07) is 10.2. The van der Waals surface area contributed by atoms with Gasteiger partial charge in [-0.25, -0.2) is 4.98 Å². The van der Waals surface area contributed by atoms with Gasteiger partial charge in [-0.3, -0.25) is 4.79 Å². The predicted molar refractivity (Wildman–Crippen MR) is 102 cm³/mol. The average molecular weight is 362 g/mol. The number of nitrogens with zero attached hydrogens (tertiary/aromatic N) is 2. The largest absolute Gasteiger partial charge is 0.356 e. The van der Waals surface area contributed by atoms with E-state index in [1.165, 1.54) is 17.7 Å². The normalized spacial score (nSPS) is 17.7. The Kier molecular flexibility index (Phi) is 6.55. The fourth-order valence-corrected chi connectivity index (χ4v) is 4.46. The maximum absolute atomic E-state index is 12.0. The lowest BCUT2D eigenvalue weighted by atomic mass is 9.98. The first-order valence-electron chi connectivity index (χ1n) is 8.40. The fourth-order valence-electron chi connectivity index (χ4n) is 2.90. The molecule has 0 radical (unpaired) electrons. The van der Waals surface area contributed by atoms with Gasteiger partial charge >= 0.3 is 0 Å². The van der Waals surface area contributed by atoms with Crippen LogP contribution in [0, 0.1) is 5.92 Å². The van der Waals surface area contributed by atoms with Crippen molar-refractivity contribution in [3.8, 4) is 0 Å². The Morgan fingerprint density at radius 3 is 3.04 bits per heavy atom. The lowest BCUT2D eigenvalue weighted by Crippen LogP contribution is -2.41. The summed E-state index contributed by atoms with van der Waals surface area (Å²) in [4.78, 5) is 20.0. The van der Waals surface area contributed by atoms with Gasteiger partial charge in [0, 0.05) is 48.3 Å². The number of amides is 1. The van der Waals surface area contributed by atoms with E-state index in [0.29, 0.717) is 12.3 Å².